The normalized spacial score (nSPS) is 10.1. The van der Waals surface area contributed by atoms with Crippen LogP contribution in [0.25, 0.3) is 0 Å². The SMILES string of the molecule is Cc1ccnc(Nc2ccc([N+](=O)[O-])cc2C)n1. The van der Waals surface area contributed by atoms with Gasteiger partial charge in [0.05, 0.1) is 4.92 Å². The van der Waals surface area contributed by atoms with Gasteiger partial charge in [0.2, 0.25) is 5.95 Å². The highest BCUT2D eigenvalue weighted by molar-refractivity contribution is 5.60. The Kier molecular flexibility index (Phi) is 3.18. The lowest BCUT2D eigenvalue weighted by Gasteiger charge is -2.07. The van der Waals surface area contributed by atoms with Crippen LogP contribution in [0.5, 0.6) is 0 Å². The minimum absolute atomic E-state index is 0.0724. The van der Waals surface area contributed by atoms with Gasteiger partial charge < -0.3 is 5.32 Å². The Morgan fingerprint density at radius 3 is 2.67 bits per heavy atom. The highest BCUT2D eigenvalue weighted by Gasteiger charge is 2.08. The van der Waals surface area contributed by atoms with E-state index < -0.39 is 4.92 Å². The summed E-state index contributed by atoms with van der Waals surface area (Å²) in [4.78, 5) is 18.5. The number of nitrogens with one attached hydrogen (secondary N) is 1. The van der Waals surface area contributed by atoms with Crippen molar-refractivity contribution in [2.24, 2.45) is 0 Å². The molecule has 0 atom stereocenters. The number of aryl methyl sites for hydroxylation is 2. The zero-order valence-corrected chi connectivity index (χ0v) is 10.0. The van der Waals surface area contributed by atoms with Crippen LogP contribution in [-0.2, 0) is 0 Å². The van der Waals surface area contributed by atoms with Gasteiger partial charge in [-0.3, -0.25) is 10.1 Å². The molecule has 0 aliphatic rings. The van der Waals surface area contributed by atoms with Crippen molar-refractivity contribution in [2.75, 3.05) is 5.32 Å². The molecule has 0 spiro atoms. The maximum absolute atomic E-state index is 10.6. The lowest BCUT2D eigenvalue weighted by atomic mass is 10.2. The minimum atomic E-state index is -0.417. The highest BCUT2D eigenvalue weighted by Crippen LogP contribution is 2.23. The third-order valence-corrected chi connectivity index (χ3v) is 2.46. The van der Waals surface area contributed by atoms with E-state index in [4.69, 9.17) is 0 Å². The molecule has 92 valence electrons. The third-order valence-electron chi connectivity index (χ3n) is 2.46. The summed E-state index contributed by atoms with van der Waals surface area (Å²) >= 11 is 0. The van der Waals surface area contributed by atoms with Crippen LogP contribution in [0.1, 0.15) is 11.3 Å². The Balaban J connectivity index is 2.27. The summed E-state index contributed by atoms with van der Waals surface area (Å²) in [6.45, 7) is 3.67. The first-order valence-corrected chi connectivity index (χ1v) is 5.38. The number of anilines is 2. The minimum Gasteiger partial charge on any atom is -0.324 e. The summed E-state index contributed by atoms with van der Waals surface area (Å²) < 4.78 is 0. The number of nitro benzene ring substituents is 1. The van der Waals surface area contributed by atoms with Crippen molar-refractivity contribution in [3.05, 3.63) is 51.8 Å². The van der Waals surface area contributed by atoms with Crippen molar-refractivity contribution < 1.29 is 4.92 Å². The van der Waals surface area contributed by atoms with Gasteiger partial charge in [-0.05, 0) is 31.5 Å². The van der Waals surface area contributed by atoms with E-state index in [0.717, 1.165) is 16.9 Å². The number of non-ortho nitro benzene ring substituents is 1. The number of nitrogens with zero attached hydrogens (tertiary/aromatic N) is 3. The second kappa shape index (κ2) is 4.79. The van der Waals surface area contributed by atoms with Crippen LogP contribution in [0.15, 0.2) is 30.5 Å². The van der Waals surface area contributed by atoms with Crippen molar-refractivity contribution in [3.63, 3.8) is 0 Å². The van der Waals surface area contributed by atoms with Crippen LogP contribution in [0.2, 0.25) is 0 Å². The number of aromatic nitrogens is 2. The standard InChI is InChI=1S/C12H12N4O2/c1-8-7-10(16(17)18)3-4-11(8)15-12-13-6-5-9(2)14-12/h3-7H,1-2H3,(H,13,14,15). The molecule has 6 heteroatoms. The van der Waals surface area contributed by atoms with Crippen molar-refractivity contribution in [1.29, 1.82) is 0 Å². The van der Waals surface area contributed by atoms with E-state index in [0.29, 0.717) is 5.95 Å². The number of nitro groups is 1. The topological polar surface area (TPSA) is 81.0 Å². The second-order valence-corrected chi connectivity index (χ2v) is 3.90. The first-order valence-electron chi connectivity index (χ1n) is 5.38. The predicted octanol–water partition coefficient (Wildman–Crippen LogP) is 2.75. The smallest absolute Gasteiger partial charge is 0.269 e. The summed E-state index contributed by atoms with van der Waals surface area (Å²) in [5, 5.41) is 13.7. The molecule has 0 saturated carbocycles. The van der Waals surface area contributed by atoms with E-state index in [1.54, 1.807) is 25.3 Å². The Labute approximate surface area is 104 Å². The Morgan fingerprint density at radius 1 is 1.28 bits per heavy atom. The van der Waals surface area contributed by atoms with Crippen LogP contribution in [0.3, 0.4) is 0 Å². The first-order chi connectivity index (χ1) is 8.56. The van der Waals surface area contributed by atoms with Crippen LogP contribution >= 0.6 is 0 Å². The average molecular weight is 244 g/mol. The molecule has 2 rings (SSSR count). The van der Waals surface area contributed by atoms with Crippen molar-refractivity contribution in [1.82, 2.24) is 9.97 Å². The number of hydrogen-bond donors (Lipinski definition) is 1. The van der Waals surface area contributed by atoms with Crippen molar-refractivity contribution in [3.8, 4) is 0 Å². The maximum atomic E-state index is 10.6. The summed E-state index contributed by atoms with van der Waals surface area (Å²) in [7, 11) is 0. The molecule has 0 fully saturated rings. The lowest BCUT2D eigenvalue weighted by molar-refractivity contribution is -0.384. The zero-order valence-electron chi connectivity index (χ0n) is 10.0. The largest absolute Gasteiger partial charge is 0.324 e. The Morgan fingerprint density at radius 2 is 2.06 bits per heavy atom. The molecule has 0 aliphatic carbocycles. The van der Waals surface area contributed by atoms with Crippen LogP contribution in [-0.4, -0.2) is 14.9 Å². The molecule has 1 N–H and O–H groups in total. The number of hydrogen-bond acceptors (Lipinski definition) is 5. The van der Waals surface area contributed by atoms with E-state index in [9.17, 15) is 10.1 Å². The molecule has 0 amide bonds. The number of rotatable bonds is 3. The van der Waals surface area contributed by atoms with Gasteiger partial charge in [0.1, 0.15) is 0 Å². The molecule has 6 nitrogen and oxygen atoms in total. The molecule has 1 heterocycles. The van der Waals surface area contributed by atoms with Gasteiger partial charge in [0.25, 0.3) is 5.69 Å². The summed E-state index contributed by atoms with van der Waals surface area (Å²) in [6.07, 6.45) is 1.66. The van der Waals surface area contributed by atoms with Gasteiger partial charge in [-0.1, -0.05) is 0 Å². The first kappa shape index (κ1) is 12.0. The maximum Gasteiger partial charge on any atom is 0.269 e. The monoisotopic (exact) mass is 244 g/mol. The average Bonchev–Trinajstić information content (AvgIpc) is 2.31. The molecule has 0 aliphatic heterocycles. The summed E-state index contributed by atoms with van der Waals surface area (Å²) in [5.41, 5.74) is 2.45. The molecule has 1 aromatic carbocycles. The van der Waals surface area contributed by atoms with Gasteiger partial charge in [-0.25, -0.2) is 9.97 Å². The van der Waals surface area contributed by atoms with Crippen molar-refractivity contribution >= 4 is 17.3 Å². The van der Waals surface area contributed by atoms with Crippen molar-refractivity contribution in [2.45, 2.75) is 13.8 Å². The van der Waals surface area contributed by atoms with E-state index in [-0.39, 0.29) is 5.69 Å². The van der Waals surface area contributed by atoms with Gasteiger partial charge in [0, 0.05) is 29.7 Å². The fraction of sp³-hybridized carbons (Fsp3) is 0.167. The Hall–Kier alpha value is -2.50. The molecule has 18 heavy (non-hydrogen) atoms. The highest BCUT2D eigenvalue weighted by atomic mass is 16.6. The fourth-order valence-electron chi connectivity index (χ4n) is 1.53. The molecule has 2 aromatic rings. The van der Waals surface area contributed by atoms with Crippen LogP contribution in [0, 0.1) is 24.0 Å². The molecule has 0 unspecified atom stereocenters. The third kappa shape index (κ3) is 2.60. The van der Waals surface area contributed by atoms with Crippen LogP contribution < -0.4 is 5.32 Å². The van der Waals surface area contributed by atoms with Gasteiger partial charge in [-0.2, -0.15) is 0 Å². The quantitative estimate of drug-likeness (QED) is 0.663. The van der Waals surface area contributed by atoms with Gasteiger partial charge in [-0.15, -0.1) is 0 Å². The molecule has 0 radical (unpaired) electrons. The molecule has 0 saturated heterocycles. The van der Waals surface area contributed by atoms with E-state index in [2.05, 4.69) is 15.3 Å². The lowest BCUT2D eigenvalue weighted by Crippen LogP contribution is -1.99. The number of benzene rings is 1. The van der Waals surface area contributed by atoms with E-state index in [1.807, 2.05) is 6.92 Å². The predicted molar refractivity (Wildman–Crippen MR) is 67.9 cm³/mol. The molecule has 1 aromatic heterocycles. The summed E-state index contributed by atoms with van der Waals surface area (Å²) in [5.74, 6) is 0.479. The van der Waals surface area contributed by atoms with Crippen LogP contribution in [0.4, 0.5) is 17.3 Å². The molecular formula is C12H12N4O2. The molecular weight excluding hydrogens is 232 g/mol. The van der Waals surface area contributed by atoms with Gasteiger partial charge in [0.15, 0.2) is 0 Å². The van der Waals surface area contributed by atoms with E-state index >= 15 is 0 Å². The fourth-order valence-corrected chi connectivity index (χ4v) is 1.53. The molecule has 0 bridgehead atoms. The van der Waals surface area contributed by atoms with E-state index in [1.165, 1.54) is 12.1 Å². The zero-order chi connectivity index (χ0) is 13.1. The Bertz CT molecular complexity index is 598. The second-order valence-electron chi connectivity index (χ2n) is 3.90. The summed E-state index contributed by atoms with van der Waals surface area (Å²) in [6, 6.07) is 6.41. The van der Waals surface area contributed by atoms with Gasteiger partial charge >= 0.3 is 0 Å².